The first-order valence-corrected chi connectivity index (χ1v) is 10.1. The Bertz CT molecular complexity index is 779. The topological polar surface area (TPSA) is 73.9 Å². The van der Waals surface area contributed by atoms with Crippen LogP contribution in [0.25, 0.3) is 0 Å². The average molecular weight is 414 g/mol. The Morgan fingerprint density at radius 2 is 1.33 bits per heavy atom. The molecule has 3 atom stereocenters. The van der Waals surface area contributed by atoms with E-state index in [1.165, 1.54) is 14.2 Å². The number of carbonyl (C=O) groups excluding carboxylic acids is 2. The van der Waals surface area contributed by atoms with Crippen molar-refractivity contribution in [2.24, 2.45) is 5.92 Å². The van der Waals surface area contributed by atoms with Crippen LogP contribution in [0.4, 0.5) is 0 Å². The van der Waals surface area contributed by atoms with Crippen LogP contribution in [0.15, 0.2) is 60.7 Å². The van der Waals surface area contributed by atoms with Crippen molar-refractivity contribution in [2.75, 3.05) is 20.8 Å². The van der Waals surface area contributed by atoms with Gasteiger partial charge in [0.05, 0.1) is 6.04 Å². The highest BCUT2D eigenvalue weighted by molar-refractivity contribution is 5.82. The summed E-state index contributed by atoms with van der Waals surface area (Å²) in [5.41, 5.74) is 1.49. The normalized spacial score (nSPS) is 14.0. The lowest BCUT2D eigenvalue weighted by Crippen LogP contribution is -2.42. The highest BCUT2D eigenvalue weighted by atomic mass is 16.6. The third-order valence-corrected chi connectivity index (χ3v) is 4.66. The van der Waals surface area contributed by atoms with Crippen molar-refractivity contribution in [3.63, 3.8) is 0 Å². The van der Waals surface area contributed by atoms with E-state index in [1.807, 2.05) is 74.5 Å². The molecule has 2 rings (SSSR count). The Morgan fingerprint density at radius 3 is 1.80 bits per heavy atom. The Balaban J connectivity index is 2.02. The van der Waals surface area contributed by atoms with Gasteiger partial charge in [0.25, 0.3) is 5.91 Å². The van der Waals surface area contributed by atoms with Gasteiger partial charge >= 0.3 is 5.97 Å². The molecule has 2 aromatic carbocycles. The van der Waals surface area contributed by atoms with E-state index in [0.717, 1.165) is 11.1 Å². The second-order valence-electron chi connectivity index (χ2n) is 7.52. The summed E-state index contributed by atoms with van der Waals surface area (Å²) in [6.07, 6.45) is -0.877. The van der Waals surface area contributed by atoms with E-state index < -0.39 is 18.2 Å². The van der Waals surface area contributed by atoms with Gasteiger partial charge in [-0.05, 0) is 23.5 Å². The lowest BCUT2D eigenvalue weighted by atomic mass is 10.0. The van der Waals surface area contributed by atoms with Gasteiger partial charge in [-0.1, -0.05) is 74.5 Å². The number of nitrogens with one attached hydrogen (secondary N) is 1. The largest absolute Gasteiger partial charge is 0.461 e. The minimum absolute atomic E-state index is 0.0562. The van der Waals surface area contributed by atoms with Crippen LogP contribution < -0.4 is 5.32 Å². The molecule has 6 heteroatoms. The third-order valence-electron chi connectivity index (χ3n) is 4.66. The minimum atomic E-state index is -0.808. The van der Waals surface area contributed by atoms with Crippen molar-refractivity contribution >= 4 is 11.9 Å². The molecule has 1 N–H and O–H groups in total. The molecule has 2 aromatic rings. The number of methoxy groups -OCH3 is 2. The number of esters is 1. The minimum Gasteiger partial charge on any atom is -0.461 e. The molecule has 0 aromatic heterocycles. The molecular formula is C24H31NO5. The summed E-state index contributed by atoms with van der Waals surface area (Å²) < 4.78 is 16.2. The van der Waals surface area contributed by atoms with Gasteiger partial charge < -0.3 is 19.5 Å². The van der Waals surface area contributed by atoms with E-state index in [1.54, 1.807) is 0 Å². The molecule has 0 radical (unpaired) electrons. The van der Waals surface area contributed by atoms with E-state index in [9.17, 15) is 9.59 Å². The molecule has 0 aliphatic carbocycles. The first-order chi connectivity index (χ1) is 14.5. The number of amides is 1. The number of hydrogen-bond acceptors (Lipinski definition) is 5. The standard InChI is InChI=1S/C24H31NO5/c1-17(2)15-20(25-23(26)21(28-3)18-11-7-5-8-12-18)16-30-24(27)22(29-4)19-13-9-6-10-14-19/h5-14,17,20-22H,15-16H2,1-4H3,(H,25,26)/t20-,21?,22?/m1/s1. The molecule has 0 aliphatic heterocycles. The molecule has 0 aliphatic rings. The summed E-state index contributed by atoms with van der Waals surface area (Å²) in [5, 5.41) is 2.97. The fourth-order valence-electron chi connectivity index (χ4n) is 3.29. The quantitative estimate of drug-likeness (QED) is 0.567. The van der Waals surface area contributed by atoms with Crippen molar-refractivity contribution < 1.29 is 23.8 Å². The molecule has 0 fully saturated rings. The summed E-state index contributed by atoms with van der Waals surface area (Å²) in [5.74, 6) is -0.450. The highest BCUT2D eigenvalue weighted by Crippen LogP contribution is 2.20. The lowest BCUT2D eigenvalue weighted by Gasteiger charge is -2.24. The predicted octanol–water partition coefficient (Wildman–Crippen LogP) is 3.84. The number of rotatable bonds is 11. The van der Waals surface area contributed by atoms with Crippen LogP contribution in [-0.4, -0.2) is 38.7 Å². The SMILES string of the molecule is COC(C(=O)N[C@@H](COC(=O)C(OC)c1ccccc1)CC(C)C)c1ccccc1. The number of benzene rings is 2. The van der Waals surface area contributed by atoms with Crippen LogP contribution in [0.2, 0.25) is 0 Å². The summed E-state index contributed by atoms with van der Waals surface area (Å²) in [6.45, 7) is 4.16. The van der Waals surface area contributed by atoms with Crippen LogP contribution >= 0.6 is 0 Å². The second kappa shape index (κ2) is 12.1. The maximum Gasteiger partial charge on any atom is 0.339 e. The van der Waals surface area contributed by atoms with Gasteiger partial charge in [0.1, 0.15) is 6.61 Å². The van der Waals surface area contributed by atoms with Crippen LogP contribution in [-0.2, 0) is 23.8 Å². The maximum absolute atomic E-state index is 12.8. The molecule has 6 nitrogen and oxygen atoms in total. The van der Waals surface area contributed by atoms with Gasteiger partial charge in [0, 0.05) is 14.2 Å². The zero-order chi connectivity index (χ0) is 21.9. The van der Waals surface area contributed by atoms with Crippen molar-refractivity contribution in [3.05, 3.63) is 71.8 Å². The van der Waals surface area contributed by atoms with Crippen LogP contribution in [0.1, 0.15) is 43.6 Å². The molecule has 162 valence electrons. The van der Waals surface area contributed by atoms with Gasteiger partial charge in [-0.3, -0.25) is 4.79 Å². The van der Waals surface area contributed by atoms with E-state index >= 15 is 0 Å². The molecule has 0 saturated heterocycles. The van der Waals surface area contributed by atoms with Gasteiger partial charge in [-0.15, -0.1) is 0 Å². The van der Waals surface area contributed by atoms with Crippen LogP contribution in [0.3, 0.4) is 0 Å². The number of carbonyl (C=O) groups is 2. The summed E-state index contributed by atoms with van der Waals surface area (Å²) in [4.78, 5) is 25.4. The number of hydrogen-bond donors (Lipinski definition) is 1. The molecule has 0 saturated carbocycles. The van der Waals surface area contributed by atoms with Crippen molar-refractivity contribution in [1.82, 2.24) is 5.32 Å². The molecule has 0 heterocycles. The van der Waals surface area contributed by atoms with Crippen LogP contribution in [0, 0.1) is 5.92 Å². The van der Waals surface area contributed by atoms with E-state index in [-0.39, 0.29) is 18.6 Å². The molecule has 0 bridgehead atoms. The first-order valence-electron chi connectivity index (χ1n) is 10.1. The molecule has 0 spiro atoms. The fourth-order valence-corrected chi connectivity index (χ4v) is 3.29. The Kier molecular flexibility index (Phi) is 9.51. The summed E-state index contributed by atoms with van der Waals surface area (Å²) in [7, 11) is 2.97. The number of ether oxygens (including phenoxy) is 3. The highest BCUT2D eigenvalue weighted by Gasteiger charge is 2.26. The zero-order valence-electron chi connectivity index (χ0n) is 18.0. The van der Waals surface area contributed by atoms with Crippen molar-refractivity contribution in [1.29, 1.82) is 0 Å². The average Bonchev–Trinajstić information content (AvgIpc) is 2.74. The smallest absolute Gasteiger partial charge is 0.339 e. The monoisotopic (exact) mass is 413 g/mol. The summed E-state index contributed by atoms with van der Waals surface area (Å²) >= 11 is 0. The zero-order valence-corrected chi connectivity index (χ0v) is 18.0. The lowest BCUT2D eigenvalue weighted by molar-refractivity contribution is -0.157. The van der Waals surface area contributed by atoms with Crippen LogP contribution in [0.5, 0.6) is 0 Å². The Morgan fingerprint density at radius 1 is 0.833 bits per heavy atom. The fraction of sp³-hybridized carbons (Fsp3) is 0.417. The van der Waals surface area contributed by atoms with E-state index in [2.05, 4.69) is 5.32 Å². The van der Waals surface area contributed by atoms with E-state index in [4.69, 9.17) is 14.2 Å². The molecular weight excluding hydrogens is 382 g/mol. The first kappa shape index (κ1) is 23.6. The molecule has 30 heavy (non-hydrogen) atoms. The van der Waals surface area contributed by atoms with Crippen molar-refractivity contribution in [2.45, 2.75) is 38.5 Å². The van der Waals surface area contributed by atoms with Gasteiger partial charge in [-0.2, -0.15) is 0 Å². The molecule has 2 unspecified atom stereocenters. The Labute approximate surface area is 178 Å². The molecule has 1 amide bonds. The van der Waals surface area contributed by atoms with Gasteiger partial charge in [0.15, 0.2) is 12.2 Å². The summed E-state index contributed by atoms with van der Waals surface area (Å²) in [6, 6.07) is 18.1. The predicted molar refractivity (Wildman–Crippen MR) is 115 cm³/mol. The van der Waals surface area contributed by atoms with E-state index in [0.29, 0.717) is 12.3 Å². The van der Waals surface area contributed by atoms with Gasteiger partial charge in [-0.25, -0.2) is 4.79 Å². The second-order valence-corrected chi connectivity index (χ2v) is 7.52. The van der Waals surface area contributed by atoms with Crippen molar-refractivity contribution in [3.8, 4) is 0 Å². The maximum atomic E-state index is 12.8. The van der Waals surface area contributed by atoms with Gasteiger partial charge in [0.2, 0.25) is 0 Å². The Hall–Kier alpha value is -2.70. The third kappa shape index (κ3) is 6.97.